The highest BCUT2D eigenvalue weighted by molar-refractivity contribution is 7.92. The van der Waals surface area contributed by atoms with Crippen LogP contribution in [0.5, 0.6) is 11.5 Å². The molecule has 4 rings (SSSR count). The first kappa shape index (κ1) is 26.6. The molecule has 15 heteroatoms. The summed E-state index contributed by atoms with van der Waals surface area (Å²) in [5.74, 6) is -1.15. The number of sulfonamides is 1. The number of nitrogens with one attached hydrogen (secondary N) is 1. The molecule has 0 saturated heterocycles. The van der Waals surface area contributed by atoms with Crippen molar-refractivity contribution >= 4 is 49.5 Å². The minimum absolute atomic E-state index is 0.00611. The van der Waals surface area contributed by atoms with Gasteiger partial charge in [0.2, 0.25) is 0 Å². The van der Waals surface area contributed by atoms with Gasteiger partial charge in [0.1, 0.15) is 11.4 Å². The van der Waals surface area contributed by atoms with Crippen molar-refractivity contribution in [2.75, 3.05) is 11.8 Å². The number of nitro benzene ring substituents is 2. The van der Waals surface area contributed by atoms with Crippen LogP contribution in [0.25, 0.3) is 10.8 Å². The van der Waals surface area contributed by atoms with Crippen molar-refractivity contribution in [3.63, 3.8) is 0 Å². The number of ether oxygens (including phenoxy) is 1. The monoisotopic (exact) mass is 551 g/mol. The first-order chi connectivity index (χ1) is 18.5. The summed E-state index contributed by atoms with van der Waals surface area (Å²) in [4.78, 5) is 32.9. The summed E-state index contributed by atoms with van der Waals surface area (Å²) in [7, 11) is -2.68. The number of phenols is 1. The van der Waals surface area contributed by atoms with Gasteiger partial charge in [-0.25, -0.2) is 8.42 Å². The molecule has 1 amide bonds. The van der Waals surface area contributed by atoms with Crippen LogP contribution in [0.15, 0.2) is 87.9 Å². The Morgan fingerprint density at radius 2 is 1.51 bits per heavy atom. The van der Waals surface area contributed by atoms with Crippen LogP contribution in [0.2, 0.25) is 0 Å². The lowest BCUT2D eigenvalue weighted by Gasteiger charge is -2.13. The molecule has 2 N–H and O–H groups in total. The molecule has 14 nitrogen and oxygen atoms in total. The quantitative estimate of drug-likeness (QED) is 0.129. The molecule has 0 unspecified atom stereocenters. The van der Waals surface area contributed by atoms with Crippen LogP contribution in [0.1, 0.15) is 10.4 Å². The summed E-state index contributed by atoms with van der Waals surface area (Å²) in [6.07, 6.45) is 0. The summed E-state index contributed by atoms with van der Waals surface area (Å²) < 4.78 is 33.5. The van der Waals surface area contributed by atoms with E-state index >= 15 is 0 Å². The molecule has 4 aromatic rings. The van der Waals surface area contributed by atoms with Gasteiger partial charge in [0, 0.05) is 22.9 Å². The number of anilines is 1. The fourth-order valence-electron chi connectivity index (χ4n) is 3.55. The Kier molecular flexibility index (Phi) is 7.17. The van der Waals surface area contributed by atoms with Gasteiger partial charge in [0.25, 0.3) is 27.3 Å². The van der Waals surface area contributed by atoms with Gasteiger partial charge in [-0.15, -0.1) is 10.2 Å². The van der Waals surface area contributed by atoms with E-state index in [1.165, 1.54) is 37.4 Å². The topological polar surface area (TPSA) is 204 Å². The molecule has 0 bridgehead atoms. The van der Waals surface area contributed by atoms with Gasteiger partial charge in [0.05, 0.1) is 39.2 Å². The number of carbonyl (C=O) groups is 1. The third kappa shape index (κ3) is 5.62. The van der Waals surface area contributed by atoms with Gasteiger partial charge in [0.15, 0.2) is 5.75 Å². The maximum Gasteiger partial charge on any atom is 0.295 e. The molecule has 198 valence electrons. The molecule has 0 spiro atoms. The molecular weight excluding hydrogens is 534 g/mol. The van der Waals surface area contributed by atoms with Crippen LogP contribution in [-0.2, 0) is 10.0 Å². The number of amides is 1. The van der Waals surface area contributed by atoms with Crippen LogP contribution in [-0.4, -0.2) is 36.4 Å². The summed E-state index contributed by atoms with van der Waals surface area (Å²) in [6, 6.07) is 15.3. The highest BCUT2D eigenvalue weighted by Crippen LogP contribution is 2.40. The number of rotatable bonds is 8. The molecule has 0 aliphatic heterocycles. The van der Waals surface area contributed by atoms with Gasteiger partial charge in [-0.3, -0.25) is 29.7 Å². The lowest BCUT2D eigenvalue weighted by molar-refractivity contribution is -0.394. The van der Waals surface area contributed by atoms with E-state index in [9.17, 15) is 38.5 Å². The Labute approximate surface area is 219 Å². The third-order valence-corrected chi connectivity index (χ3v) is 6.81. The van der Waals surface area contributed by atoms with E-state index in [-0.39, 0.29) is 21.7 Å². The molecule has 0 aliphatic rings. The minimum Gasteiger partial charge on any atom is -0.505 e. The summed E-state index contributed by atoms with van der Waals surface area (Å²) >= 11 is 0. The number of hydrogen-bond acceptors (Lipinski definition) is 10. The van der Waals surface area contributed by atoms with Crippen molar-refractivity contribution in [3.05, 3.63) is 98.6 Å². The Balaban J connectivity index is 1.74. The first-order valence-electron chi connectivity index (χ1n) is 10.8. The second kappa shape index (κ2) is 10.5. The smallest absolute Gasteiger partial charge is 0.295 e. The summed E-state index contributed by atoms with van der Waals surface area (Å²) in [5, 5.41) is 40.6. The average molecular weight is 551 g/mol. The standard InChI is InChI=1S/C24H17N5O9S/c1-38-17-6-8-18(9-7-17)39(36,37)27-21-13-22(23(30)20-5-3-2-4-19(20)21)25-26-24(31)14-10-15(28(32)33)12-16(11-14)29(34)35/h2-13,27,30H,1H3. The average Bonchev–Trinajstić information content (AvgIpc) is 2.93. The molecule has 0 heterocycles. The van der Waals surface area contributed by atoms with Gasteiger partial charge in [-0.2, -0.15) is 0 Å². The van der Waals surface area contributed by atoms with E-state index in [0.29, 0.717) is 17.2 Å². The van der Waals surface area contributed by atoms with E-state index in [0.717, 1.165) is 18.2 Å². The highest BCUT2D eigenvalue weighted by Gasteiger charge is 2.21. The van der Waals surface area contributed by atoms with Crippen molar-refractivity contribution in [1.82, 2.24) is 0 Å². The number of benzene rings is 4. The summed E-state index contributed by atoms with van der Waals surface area (Å²) in [5.41, 5.74) is -2.19. The molecule has 4 aromatic carbocycles. The number of fused-ring (bicyclic) bond motifs is 1. The number of aromatic hydroxyl groups is 1. The van der Waals surface area contributed by atoms with Crippen LogP contribution in [0.4, 0.5) is 22.7 Å². The predicted molar refractivity (Wildman–Crippen MR) is 138 cm³/mol. The molecule has 0 atom stereocenters. The maximum absolute atomic E-state index is 13.0. The van der Waals surface area contributed by atoms with Crippen molar-refractivity contribution in [1.29, 1.82) is 0 Å². The highest BCUT2D eigenvalue weighted by atomic mass is 32.2. The van der Waals surface area contributed by atoms with Crippen LogP contribution < -0.4 is 9.46 Å². The van der Waals surface area contributed by atoms with Crippen molar-refractivity contribution in [2.24, 2.45) is 10.2 Å². The third-order valence-electron chi connectivity index (χ3n) is 5.43. The fraction of sp³-hybridized carbons (Fsp3) is 0.0417. The van der Waals surface area contributed by atoms with Crippen molar-refractivity contribution in [3.8, 4) is 11.5 Å². The van der Waals surface area contributed by atoms with Crippen LogP contribution >= 0.6 is 0 Å². The van der Waals surface area contributed by atoms with Gasteiger partial charge in [-0.05, 0) is 30.3 Å². The van der Waals surface area contributed by atoms with E-state index in [4.69, 9.17) is 4.74 Å². The number of nitrogens with zero attached hydrogens (tertiary/aromatic N) is 4. The number of hydrogen-bond donors (Lipinski definition) is 2. The van der Waals surface area contributed by atoms with E-state index < -0.39 is 48.5 Å². The zero-order valence-corrected chi connectivity index (χ0v) is 20.7. The number of azo groups is 1. The Morgan fingerprint density at radius 3 is 2.08 bits per heavy atom. The molecule has 0 aromatic heterocycles. The molecule has 0 radical (unpaired) electrons. The largest absolute Gasteiger partial charge is 0.505 e. The lowest BCUT2D eigenvalue weighted by atomic mass is 10.1. The summed E-state index contributed by atoms with van der Waals surface area (Å²) in [6.45, 7) is 0. The van der Waals surface area contributed by atoms with Crippen molar-refractivity contribution < 1.29 is 32.9 Å². The zero-order chi connectivity index (χ0) is 28.3. The van der Waals surface area contributed by atoms with E-state index in [1.54, 1.807) is 18.2 Å². The first-order valence-corrected chi connectivity index (χ1v) is 12.3. The van der Waals surface area contributed by atoms with Crippen LogP contribution in [0, 0.1) is 20.2 Å². The molecule has 39 heavy (non-hydrogen) atoms. The zero-order valence-electron chi connectivity index (χ0n) is 19.8. The normalized spacial score (nSPS) is 11.4. The minimum atomic E-state index is -4.11. The Morgan fingerprint density at radius 1 is 0.923 bits per heavy atom. The number of carbonyl (C=O) groups excluding carboxylic acids is 1. The fourth-order valence-corrected chi connectivity index (χ4v) is 4.62. The predicted octanol–water partition coefficient (Wildman–Crippen LogP) is 5.10. The number of methoxy groups -OCH3 is 1. The molecule has 0 saturated carbocycles. The number of phenolic OH excluding ortho intramolecular Hbond substituents is 1. The van der Waals surface area contributed by atoms with Crippen LogP contribution in [0.3, 0.4) is 0 Å². The van der Waals surface area contributed by atoms with Gasteiger partial charge >= 0.3 is 0 Å². The van der Waals surface area contributed by atoms with Gasteiger partial charge in [-0.1, -0.05) is 24.3 Å². The number of nitro groups is 2. The van der Waals surface area contributed by atoms with E-state index in [2.05, 4.69) is 15.0 Å². The second-order valence-corrected chi connectivity index (χ2v) is 9.56. The second-order valence-electron chi connectivity index (χ2n) is 7.88. The Hall–Kier alpha value is -5.44. The SMILES string of the molecule is COc1ccc(S(=O)(=O)Nc2cc(N=NC(=O)c3cc([N+](=O)[O-])cc([N+](=O)[O-])c3)c(O)c3ccccc23)cc1. The maximum atomic E-state index is 13.0. The Bertz CT molecular complexity index is 1740. The van der Waals surface area contributed by atoms with E-state index in [1.807, 2.05) is 0 Å². The molecular formula is C24H17N5O9S. The number of non-ortho nitro benzene ring substituents is 2. The molecule has 0 fully saturated rings. The lowest BCUT2D eigenvalue weighted by Crippen LogP contribution is -2.13. The van der Waals surface area contributed by atoms with Crippen molar-refractivity contribution in [2.45, 2.75) is 4.90 Å². The van der Waals surface area contributed by atoms with Gasteiger partial charge < -0.3 is 9.84 Å². The molecule has 0 aliphatic carbocycles.